The Kier molecular flexibility index (Phi) is 4.01. The van der Waals surface area contributed by atoms with E-state index >= 15 is 0 Å². The van der Waals surface area contributed by atoms with Crippen LogP contribution in [0, 0.1) is 6.07 Å². The van der Waals surface area contributed by atoms with Crippen molar-refractivity contribution in [3.8, 4) is 17.0 Å². The fourth-order valence-electron chi connectivity index (χ4n) is 3.40. The van der Waals surface area contributed by atoms with Crippen molar-refractivity contribution in [3.05, 3.63) is 30.6 Å². The number of likely N-dealkylation sites (tertiary alicyclic amines) is 1. The molecule has 1 fully saturated rings. The predicted octanol–water partition coefficient (Wildman–Crippen LogP) is 2.15. The summed E-state index contributed by atoms with van der Waals surface area (Å²) in [5.41, 5.74) is 8.69. The highest BCUT2D eigenvalue weighted by atomic mass is 16.5. The second-order valence-electron chi connectivity index (χ2n) is 6.43. The highest BCUT2D eigenvalue weighted by molar-refractivity contribution is 5.98. The molecular weight excluding hydrogens is 316 g/mol. The number of nitrogens with two attached hydrogens (primary N) is 1. The first-order valence-electron chi connectivity index (χ1n) is 8.40. The summed E-state index contributed by atoms with van der Waals surface area (Å²) in [6, 6.07) is 9.05. The number of methoxy groups -OCH3 is 1. The first kappa shape index (κ1) is 15.8. The fraction of sp³-hybridized carbons (Fsp3) is 0.389. The van der Waals surface area contributed by atoms with Crippen molar-refractivity contribution >= 4 is 16.9 Å². The molecule has 1 aliphatic rings. The number of ether oxygens (including phenoxy) is 1. The Morgan fingerprint density at radius 1 is 1.28 bits per heavy atom. The molecular formula is C18H21N6O. The van der Waals surface area contributed by atoms with Gasteiger partial charge in [-0.15, -0.1) is 0 Å². The van der Waals surface area contributed by atoms with E-state index in [0.717, 1.165) is 48.2 Å². The molecule has 25 heavy (non-hydrogen) atoms. The summed E-state index contributed by atoms with van der Waals surface area (Å²) in [6.07, 6.45) is 3.60. The summed E-state index contributed by atoms with van der Waals surface area (Å²) < 4.78 is 7.32. The molecule has 1 aromatic carbocycles. The van der Waals surface area contributed by atoms with Crippen LogP contribution >= 0.6 is 0 Å². The van der Waals surface area contributed by atoms with Crippen molar-refractivity contribution in [1.82, 2.24) is 24.6 Å². The number of aromatic nitrogens is 4. The van der Waals surface area contributed by atoms with Gasteiger partial charge in [-0.25, -0.2) is 14.6 Å². The van der Waals surface area contributed by atoms with Gasteiger partial charge in [0.05, 0.1) is 18.5 Å². The Labute approximate surface area is 146 Å². The molecule has 7 nitrogen and oxygen atoms in total. The van der Waals surface area contributed by atoms with Gasteiger partial charge in [0, 0.05) is 11.6 Å². The fourth-order valence-corrected chi connectivity index (χ4v) is 3.40. The highest BCUT2D eigenvalue weighted by Crippen LogP contribution is 2.34. The lowest BCUT2D eigenvalue weighted by molar-refractivity contribution is 0.215. The number of nitrogens with zero attached hydrogens (tertiary/aromatic N) is 5. The normalized spacial score (nSPS) is 16.4. The van der Waals surface area contributed by atoms with E-state index in [1.807, 2.05) is 22.9 Å². The zero-order chi connectivity index (χ0) is 17.4. The average molecular weight is 337 g/mol. The zero-order valence-electron chi connectivity index (χ0n) is 14.4. The van der Waals surface area contributed by atoms with E-state index < -0.39 is 0 Å². The number of nitrogen functional groups attached to an aromatic ring is 1. The van der Waals surface area contributed by atoms with E-state index in [1.54, 1.807) is 7.11 Å². The summed E-state index contributed by atoms with van der Waals surface area (Å²) in [4.78, 5) is 11.0. The molecule has 0 spiro atoms. The number of hydrogen-bond donors (Lipinski definition) is 1. The van der Waals surface area contributed by atoms with Crippen molar-refractivity contribution in [2.45, 2.75) is 18.9 Å². The third-order valence-corrected chi connectivity index (χ3v) is 4.82. The molecule has 129 valence electrons. The first-order valence-corrected chi connectivity index (χ1v) is 8.40. The van der Waals surface area contributed by atoms with Gasteiger partial charge in [0.1, 0.15) is 23.6 Å². The molecule has 0 saturated carbocycles. The highest BCUT2D eigenvalue weighted by Gasteiger charge is 2.25. The number of fused-ring (bicyclic) bond motifs is 1. The molecule has 0 atom stereocenters. The van der Waals surface area contributed by atoms with Gasteiger partial charge in [-0.2, -0.15) is 5.10 Å². The summed E-state index contributed by atoms with van der Waals surface area (Å²) >= 11 is 0. The molecule has 3 aromatic rings. The van der Waals surface area contributed by atoms with Crippen molar-refractivity contribution in [3.63, 3.8) is 0 Å². The van der Waals surface area contributed by atoms with Gasteiger partial charge in [-0.1, -0.05) is 6.07 Å². The van der Waals surface area contributed by atoms with Crippen molar-refractivity contribution < 1.29 is 4.74 Å². The van der Waals surface area contributed by atoms with Crippen LogP contribution in [-0.2, 0) is 0 Å². The van der Waals surface area contributed by atoms with Gasteiger partial charge < -0.3 is 15.4 Å². The van der Waals surface area contributed by atoms with Crippen molar-refractivity contribution in [2.24, 2.45) is 0 Å². The summed E-state index contributed by atoms with van der Waals surface area (Å²) in [7, 11) is 3.78. The minimum Gasteiger partial charge on any atom is -0.496 e. The largest absolute Gasteiger partial charge is 0.496 e. The number of piperidine rings is 1. The Morgan fingerprint density at radius 3 is 2.84 bits per heavy atom. The van der Waals surface area contributed by atoms with Crippen LogP contribution in [0.3, 0.4) is 0 Å². The third kappa shape index (κ3) is 2.80. The molecule has 1 radical (unpaired) electrons. The van der Waals surface area contributed by atoms with E-state index in [2.05, 4.69) is 28.0 Å². The Morgan fingerprint density at radius 2 is 2.08 bits per heavy atom. The van der Waals surface area contributed by atoms with Gasteiger partial charge in [0.2, 0.25) is 0 Å². The number of benzene rings is 1. The molecule has 1 aliphatic heterocycles. The molecule has 1 saturated heterocycles. The quantitative estimate of drug-likeness (QED) is 0.788. The molecule has 3 heterocycles. The Hall–Kier alpha value is -2.67. The van der Waals surface area contributed by atoms with E-state index in [9.17, 15) is 0 Å². The predicted molar refractivity (Wildman–Crippen MR) is 96.3 cm³/mol. The second kappa shape index (κ2) is 6.33. The van der Waals surface area contributed by atoms with Crippen LogP contribution < -0.4 is 10.5 Å². The smallest absolute Gasteiger partial charge is 0.164 e. The topological polar surface area (TPSA) is 82.1 Å². The Bertz CT molecular complexity index is 898. The molecule has 2 aromatic heterocycles. The molecule has 4 rings (SSSR count). The lowest BCUT2D eigenvalue weighted by atomic mass is 10.1. The molecule has 7 heteroatoms. The van der Waals surface area contributed by atoms with Crippen LogP contribution in [0.1, 0.15) is 18.9 Å². The Balaban J connectivity index is 1.87. The first-order chi connectivity index (χ1) is 12.2. The third-order valence-electron chi connectivity index (χ3n) is 4.82. The van der Waals surface area contributed by atoms with E-state index in [-0.39, 0.29) is 0 Å². The second-order valence-corrected chi connectivity index (χ2v) is 6.43. The molecule has 2 N–H and O–H groups in total. The van der Waals surface area contributed by atoms with Crippen LogP contribution in [0.2, 0.25) is 0 Å². The van der Waals surface area contributed by atoms with Gasteiger partial charge >= 0.3 is 0 Å². The minimum atomic E-state index is 0.318. The number of rotatable bonds is 3. The molecule has 0 unspecified atom stereocenters. The number of anilines is 1. The van der Waals surface area contributed by atoms with Crippen molar-refractivity contribution in [2.75, 3.05) is 33.0 Å². The minimum absolute atomic E-state index is 0.318. The van der Waals surface area contributed by atoms with Crippen LogP contribution in [0.4, 0.5) is 5.82 Å². The molecule has 0 amide bonds. The van der Waals surface area contributed by atoms with Crippen LogP contribution in [0.5, 0.6) is 5.75 Å². The maximum absolute atomic E-state index is 6.18. The van der Waals surface area contributed by atoms with Crippen LogP contribution in [0.25, 0.3) is 22.3 Å². The summed E-state index contributed by atoms with van der Waals surface area (Å²) in [5, 5.41) is 5.69. The zero-order valence-corrected chi connectivity index (χ0v) is 14.4. The maximum Gasteiger partial charge on any atom is 0.164 e. The van der Waals surface area contributed by atoms with Gasteiger partial charge in [0.25, 0.3) is 0 Å². The lowest BCUT2D eigenvalue weighted by Gasteiger charge is -2.29. The van der Waals surface area contributed by atoms with Gasteiger partial charge in [0.15, 0.2) is 5.65 Å². The maximum atomic E-state index is 6.18. The SMILES string of the molecule is COc1[c]ccc(-c2nn(C3CCN(C)CC3)c3ncnc(N)c23)c1. The average Bonchev–Trinajstić information content (AvgIpc) is 3.03. The van der Waals surface area contributed by atoms with E-state index in [4.69, 9.17) is 15.6 Å². The van der Waals surface area contributed by atoms with Crippen LogP contribution in [-0.4, -0.2) is 51.9 Å². The van der Waals surface area contributed by atoms with Gasteiger partial charge in [-0.05, 0) is 45.1 Å². The van der Waals surface area contributed by atoms with Crippen molar-refractivity contribution in [1.29, 1.82) is 0 Å². The monoisotopic (exact) mass is 337 g/mol. The van der Waals surface area contributed by atoms with Gasteiger partial charge in [-0.3, -0.25) is 0 Å². The standard InChI is InChI=1S/C18H21N6O/c1-23-8-6-13(7-9-23)24-18-15(17(19)20-11-21-18)16(22-24)12-4-3-5-14(10-12)25-2/h3-4,10-11,13H,6-9H2,1-2H3,(H2,19,20,21). The molecule has 0 bridgehead atoms. The van der Waals surface area contributed by atoms with E-state index in [0.29, 0.717) is 17.6 Å². The summed E-state index contributed by atoms with van der Waals surface area (Å²) in [6.45, 7) is 2.10. The molecule has 0 aliphatic carbocycles. The summed E-state index contributed by atoms with van der Waals surface area (Å²) in [5.74, 6) is 1.11. The lowest BCUT2D eigenvalue weighted by Crippen LogP contribution is -2.31. The van der Waals surface area contributed by atoms with E-state index in [1.165, 1.54) is 6.33 Å². The van der Waals surface area contributed by atoms with Crippen LogP contribution in [0.15, 0.2) is 24.5 Å². The number of hydrogen-bond acceptors (Lipinski definition) is 6.